The monoisotopic (exact) mass is 270 g/mol. The van der Waals surface area contributed by atoms with Crippen LogP contribution in [-0.4, -0.2) is 12.1 Å². The number of pyridine rings is 1. The summed E-state index contributed by atoms with van der Waals surface area (Å²) in [4.78, 5) is 7.92. The van der Waals surface area contributed by atoms with Crippen LogP contribution in [0.2, 0.25) is 0 Å². The Labute approximate surface area is 117 Å². The summed E-state index contributed by atoms with van der Waals surface area (Å²) < 4.78 is 5.13. The third kappa shape index (κ3) is 3.49. The molecule has 0 saturated heterocycles. The number of rotatable bonds is 4. The van der Waals surface area contributed by atoms with E-state index in [0.29, 0.717) is 5.69 Å². The average Bonchev–Trinajstić information content (AvgIpc) is 2.46. The summed E-state index contributed by atoms with van der Waals surface area (Å²) in [5, 5.41) is 0.797. The summed E-state index contributed by atoms with van der Waals surface area (Å²) in [6, 6.07) is 11.6. The molecular weight excluding hydrogens is 256 g/mol. The minimum Gasteiger partial charge on any atom is -0.497 e. The molecule has 0 radical (unpaired) electrons. The molecule has 4 heteroatoms. The van der Waals surface area contributed by atoms with Crippen LogP contribution in [0.15, 0.2) is 41.4 Å². The molecule has 2 rings (SSSR count). The number of methoxy groups -OCH3 is 1. The molecule has 0 bridgehead atoms. The van der Waals surface area contributed by atoms with E-state index in [1.807, 2.05) is 43.3 Å². The molecule has 0 fully saturated rings. The van der Waals surface area contributed by atoms with Crippen molar-refractivity contribution in [1.82, 2.24) is 4.98 Å². The average molecular weight is 270 g/mol. The quantitative estimate of drug-likeness (QED) is 0.614. The Kier molecular flexibility index (Phi) is 4.43. The number of aryl methyl sites for hydroxylation is 1. The van der Waals surface area contributed by atoms with E-state index in [1.165, 1.54) is 5.56 Å². The van der Waals surface area contributed by atoms with Crippen LogP contribution in [-0.2, 0) is 5.75 Å². The van der Waals surface area contributed by atoms with E-state index in [2.05, 4.69) is 9.83 Å². The largest absolute Gasteiger partial charge is 0.497 e. The molecule has 96 valence electrons. The first-order chi connectivity index (χ1) is 9.22. The Balaban J connectivity index is 2.09. The standard InChI is InChI=1S/C15H14N2OS/c1-11-4-9-14(16-2)15(17-11)19-10-12-5-7-13(18-3)8-6-12/h4-9H,10H2,1,3H3. The van der Waals surface area contributed by atoms with E-state index in [9.17, 15) is 0 Å². The lowest BCUT2D eigenvalue weighted by Crippen LogP contribution is -1.87. The lowest BCUT2D eigenvalue weighted by Gasteiger charge is -2.05. The van der Waals surface area contributed by atoms with E-state index in [-0.39, 0.29) is 0 Å². The molecule has 3 nitrogen and oxygen atoms in total. The van der Waals surface area contributed by atoms with E-state index in [1.54, 1.807) is 18.9 Å². The van der Waals surface area contributed by atoms with Crippen molar-refractivity contribution in [3.8, 4) is 5.75 Å². The van der Waals surface area contributed by atoms with Gasteiger partial charge in [-0.25, -0.2) is 4.85 Å². The van der Waals surface area contributed by atoms with Gasteiger partial charge < -0.3 is 4.74 Å². The molecule has 2 aromatic rings. The number of ether oxygens (including phenoxy) is 1. The van der Waals surface area contributed by atoms with Crippen molar-refractivity contribution in [2.24, 2.45) is 0 Å². The molecule has 0 spiro atoms. The second-order valence-electron chi connectivity index (χ2n) is 4.03. The van der Waals surface area contributed by atoms with Gasteiger partial charge in [0.05, 0.1) is 13.7 Å². The van der Waals surface area contributed by atoms with Gasteiger partial charge in [0, 0.05) is 11.4 Å². The smallest absolute Gasteiger partial charge is 0.218 e. The molecule has 0 amide bonds. The second kappa shape index (κ2) is 6.26. The molecule has 0 saturated carbocycles. The first kappa shape index (κ1) is 13.4. The van der Waals surface area contributed by atoms with Crippen molar-refractivity contribution in [1.29, 1.82) is 0 Å². The molecule has 0 unspecified atom stereocenters. The zero-order valence-electron chi connectivity index (χ0n) is 10.9. The number of thioether (sulfide) groups is 1. The maximum absolute atomic E-state index is 7.15. The van der Waals surface area contributed by atoms with Crippen LogP contribution < -0.4 is 4.74 Å². The van der Waals surface area contributed by atoms with E-state index in [4.69, 9.17) is 11.3 Å². The van der Waals surface area contributed by atoms with Gasteiger partial charge in [-0.05, 0) is 24.6 Å². The van der Waals surface area contributed by atoms with Crippen LogP contribution in [0.3, 0.4) is 0 Å². The summed E-state index contributed by atoms with van der Waals surface area (Å²) in [7, 11) is 1.66. The summed E-state index contributed by atoms with van der Waals surface area (Å²) in [6.07, 6.45) is 0. The number of benzene rings is 1. The summed E-state index contributed by atoms with van der Waals surface area (Å²) in [5.74, 6) is 1.65. The third-order valence-electron chi connectivity index (χ3n) is 2.63. The number of aromatic nitrogens is 1. The number of hydrogen-bond donors (Lipinski definition) is 0. The summed E-state index contributed by atoms with van der Waals surface area (Å²) in [6.45, 7) is 9.08. The van der Waals surface area contributed by atoms with E-state index < -0.39 is 0 Å². The van der Waals surface area contributed by atoms with Gasteiger partial charge >= 0.3 is 0 Å². The highest BCUT2D eigenvalue weighted by Gasteiger charge is 2.05. The summed E-state index contributed by atoms with van der Waals surface area (Å²) >= 11 is 1.59. The van der Waals surface area contributed by atoms with Crippen molar-refractivity contribution in [3.05, 3.63) is 59.1 Å². The lowest BCUT2D eigenvalue weighted by molar-refractivity contribution is 0.414. The van der Waals surface area contributed by atoms with Crippen molar-refractivity contribution < 1.29 is 4.74 Å². The minimum atomic E-state index is 0.615. The Morgan fingerprint density at radius 2 is 1.95 bits per heavy atom. The Hall–Kier alpha value is -1.99. The van der Waals surface area contributed by atoms with Crippen molar-refractivity contribution in [3.63, 3.8) is 0 Å². The molecule has 1 heterocycles. The van der Waals surface area contributed by atoms with E-state index in [0.717, 1.165) is 22.2 Å². The maximum atomic E-state index is 7.15. The van der Waals surface area contributed by atoms with E-state index >= 15 is 0 Å². The normalized spacial score (nSPS) is 9.95. The Bertz CT molecular complexity index is 603. The Morgan fingerprint density at radius 3 is 2.58 bits per heavy atom. The maximum Gasteiger partial charge on any atom is 0.218 e. The topological polar surface area (TPSA) is 26.5 Å². The highest BCUT2D eigenvalue weighted by Crippen LogP contribution is 2.30. The molecule has 1 aromatic carbocycles. The fourth-order valence-electron chi connectivity index (χ4n) is 1.59. The van der Waals surface area contributed by atoms with Crippen molar-refractivity contribution in [2.75, 3.05) is 7.11 Å². The van der Waals surface area contributed by atoms with Gasteiger partial charge in [-0.1, -0.05) is 24.3 Å². The number of hydrogen-bond acceptors (Lipinski definition) is 3. The van der Waals surface area contributed by atoms with Crippen LogP contribution in [0.4, 0.5) is 5.69 Å². The van der Waals surface area contributed by atoms with Crippen LogP contribution in [0.25, 0.3) is 4.85 Å². The fraction of sp³-hybridized carbons (Fsp3) is 0.200. The third-order valence-corrected chi connectivity index (χ3v) is 3.69. The first-order valence-corrected chi connectivity index (χ1v) is 6.82. The van der Waals surface area contributed by atoms with Crippen LogP contribution >= 0.6 is 11.8 Å². The van der Waals surface area contributed by atoms with Crippen LogP contribution in [0, 0.1) is 13.5 Å². The highest BCUT2D eigenvalue weighted by atomic mass is 32.2. The van der Waals surface area contributed by atoms with Gasteiger partial charge in [0.2, 0.25) is 5.69 Å². The zero-order chi connectivity index (χ0) is 13.7. The van der Waals surface area contributed by atoms with Gasteiger partial charge in [0.1, 0.15) is 10.8 Å². The van der Waals surface area contributed by atoms with Crippen molar-refractivity contribution in [2.45, 2.75) is 17.7 Å². The number of nitrogens with zero attached hydrogens (tertiary/aromatic N) is 2. The van der Waals surface area contributed by atoms with Gasteiger partial charge in [-0.3, -0.25) is 4.98 Å². The van der Waals surface area contributed by atoms with Gasteiger partial charge in [-0.2, -0.15) is 0 Å². The first-order valence-electron chi connectivity index (χ1n) is 5.84. The molecule has 0 aliphatic heterocycles. The molecule has 0 aliphatic carbocycles. The molecular formula is C15H14N2OS. The predicted octanol–water partition coefficient (Wildman–Crippen LogP) is 4.24. The van der Waals surface area contributed by atoms with Crippen LogP contribution in [0.1, 0.15) is 11.3 Å². The Morgan fingerprint density at radius 1 is 1.21 bits per heavy atom. The predicted molar refractivity (Wildman–Crippen MR) is 77.8 cm³/mol. The molecule has 0 atom stereocenters. The minimum absolute atomic E-state index is 0.615. The molecule has 0 N–H and O–H groups in total. The molecule has 19 heavy (non-hydrogen) atoms. The zero-order valence-corrected chi connectivity index (χ0v) is 11.7. The highest BCUT2D eigenvalue weighted by molar-refractivity contribution is 7.98. The van der Waals surface area contributed by atoms with Gasteiger partial charge in [0.15, 0.2) is 0 Å². The fourth-order valence-corrected chi connectivity index (χ4v) is 2.56. The molecule has 1 aromatic heterocycles. The SMILES string of the molecule is [C-]#[N+]c1ccc(C)nc1SCc1ccc(OC)cc1. The lowest BCUT2D eigenvalue weighted by atomic mass is 10.2. The van der Waals surface area contributed by atoms with Crippen molar-refractivity contribution >= 4 is 17.4 Å². The molecule has 0 aliphatic rings. The van der Waals surface area contributed by atoms with Gasteiger partial charge in [-0.15, -0.1) is 11.8 Å². The summed E-state index contributed by atoms with van der Waals surface area (Å²) in [5.41, 5.74) is 2.73. The van der Waals surface area contributed by atoms with Crippen LogP contribution in [0.5, 0.6) is 5.75 Å². The van der Waals surface area contributed by atoms with Gasteiger partial charge in [0.25, 0.3) is 0 Å². The second-order valence-corrected chi connectivity index (χ2v) is 4.99.